The minimum absolute atomic E-state index is 0.219. The first kappa shape index (κ1) is 21.7. The molecule has 0 saturated carbocycles. The van der Waals surface area contributed by atoms with E-state index in [1.165, 1.54) is 18.4 Å². The molecular weight excluding hydrogens is 400 g/mol. The van der Waals surface area contributed by atoms with Gasteiger partial charge in [-0.15, -0.1) is 0 Å². The van der Waals surface area contributed by atoms with Crippen LogP contribution in [0.1, 0.15) is 42.1 Å². The second kappa shape index (κ2) is 10.6. The summed E-state index contributed by atoms with van der Waals surface area (Å²) in [5, 5.41) is 0. The first-order valence-corrected chi connectivity index (χ1v) is 12.2. The first-order valence-electron chi connectivity index (χ1n) is 10.0. The smallest absolute Gasteiger partial charge is 0.279 e. The third-order valence-corrected chi connectivity index (χ3v) is 6.30. The standard InChI is InChI=1S/C23H28N2O2S2/c1-4-5-6-14-27-19-10-8-18(9-11-19)22(26)24-23-25(13-15-28-3)20-12-7-17(2)16-21(20)29-23/h7-12,16H,4-6,13-15H2,1-3H3. The number of nitrogens with zero attached hydrogens (tertiary/aromatic N) is 2. The van der Waals surface area contributed by atoms with Crippen LogP contribution in [0.3, 0.4) is 0 Å². The van der Waals surface area contributed by atoms with Crippen LogP contribution in [0.15, 0.2) is 47.5 Å². The average molecular weight is 429 g/mol. The molecule has 0 aliphatic rings. The van der Waals surface area contributed by atoms with Crippen LogP contribution in [0, 0.1) is 6.92 Å². The van der Waals surface area contributed by atoms with Gasteiger partial charge in [-0.05, 0) is 61.6 Å². The molecule has 0 N–H and O–H groups in total. The van der Waals surface area contributed by atoms with E-state index < -0.39 is 0 Å². The molecule has 0 saturated heterocycles. The van der Waals surface area contributed by atoms with Crippen molar-refractivity contribution in [1.82, 2.24) is 4.57 Å². The van der Waals surface area contributed by atoms with E-state index in [4.69, 9.17) is 4.74 Å². The summed E-state index contributed by atoms with van der Waals surface area (Å²) in [6.07, 6.45) is 5.48. The number of ether oxygens (including phenoxy) is 1. The van der Waals surface area contributed by atoms with Crippen LogP contribution in [-0.4, -0.2) is 29.1 Å². The monoisotopic (exact) mass is 428 g/mol. The highest BCUT2D eigenvalue weighted by Crippen LogP contribution is 2.20. The maximum atomic E-state index is 12.8. The van der Waals surface area contributed by atoms with Gasteiger partial charge in [-0.2, -0.15) is 16.8 Å². The third kappa shape index (κ3) is 5.73. The molecule has 1 heterocycles. The lowest BCUT2D eigenvalue weighted by molar-refractivity contribution is 0.0998. The molecule has 29 heavy (non-hydrogen) atoms. The number of aryl methyl sites for hydroxylation is 2. The molecule has 2 aromatic carbocycles. The number of thiazole rings is 1. The van der Waals surface area contributed by atoms with Crippen molar-refractivity contribution < 1.29 is 9.53 Å². The van der Waals surface area contributed by atoms with Crippen molar-refractivity contribution in [3.05, 3.63) is 58.4 Å². The van der Waals surface area contributed by atoms with Gasteiger partial charge in [-0.1, -0.05) is 37.2 Å². The number of benzene rings is 2. The number of amides is 1. The summed E-state index contributed by atoms with van der Waals surface area (Å²) in [7, 11) is 0. The van der Waals surface area contributed by atoms with Crippen LogP contribution in [-0.2, 0) is 6.54 Å². The summed E-state index contributed by atoms with van der Waals surface area (Å²) in [4.78, 5) is 18.0. The summed E-state index contributed by atoms with van der Waals surface area (Å²) < 4.78 is 9.04. The minimum atomic E-state index is -0.219. The van der Waals surface area contributed by atoms with Crippen LogP contribution in [0.2, 0.25) is 0 Å². The van der Waals surface area contributed by atoms with E-state index in [2.05, 4.69) is 47.9 Å². The van der Waals surface area contributed by atoms with Crippen LogP contribution < -0.4 is 9.54 Å². The van der Waals surface area contributed by atoms with Gasteiger partial charge in [-0.25, -0.2) is 0 Å². The molecule has 3 rings (SSSR count). The second-order valence-electron chi connectivity index (χ2n) is 7.00. The van der Waals surface area contributed by atoms with Gasteiger partial charge in [0.15, 0.2) is 4.80 Å². The summed E-state index contributed by atoms with van der Waals surface area (Å²) in [6.45, 7) is 5.80. The second-order valence-corrected chi connectivity index (χ2v) is 8.99. The zero-order chi connectivity index (χ0) is 20.6. The number of thioether (sulfide) groups is 1. The predicted octanol–water partition coefficient (Wildman–Crippen LogP) is 5.68. The predicted molar refractivity (Wildman–Crippen MR) is 124 cm³/mol. The van der Waals surface area contributed by atoms with Crippen LogP contribution in [0.5, 0.6) is 5.75 Å². The van der Waals surface area contributed by atoms with E-state index in [0.717, 1.165) is 39.5 Å². The lowest BCUT2D eigenvalue weighted by Crippen LogP contribution is -2.18. The molecule has 0 atom stereocenters. The minimum Gasteiger partial charge on any atom is -0.494 e. The Hall–Kier alpha value is -2.05. The van der Waals surface area contributed by atoms with E-state index >= 15 is 0 Å². The van der Waals surface area contributed by atoms with Crippen LogP contribution >= 0.6 is 23.1 Å². The molecule has 0 unspecified atom stereocenters. The maximum absolute atomic E-state index is 12.8. The largest absolute Gasteiger partial charge is 0.494 e. The van der Waals surface area contributed by atoms with Gasteiger partial charge in [0.2, 0.25) is 0 Å². The fraction of sp³-hybridized carbons (Fsp3) is 0.391. The Bertz CT molecular complexity index is 1020. The Labute approximate surface area is 180 Å². The van der Waals surface area contributed by atoms with Crippen LogP contribution in [0.25, 0.3) is 10.2 Å². The molecule has 0 fully saturated rings. The SMILES string of the molecule is CCCCCOc1ccc(C(=O)N=c2sc3cc(C)ccc3n2CCSC)cc1. The lowest BCUT2D eigenvalue weighted by atomic mass is 10.2. The lowest BCUT2D eigenvalue weighted by Gasteiger charge is -2.06. The zero-order valence-corrected chi connectivity index (χ0v) is 18.9. The molecule has 3 aromatic rings. The van der Waals surface area contributed by atoms with Gasteiger partial charge >= 0.3 is 0 Å². The van der Waals surface area contributed by atoms with E-state index in [1.54, 1.807) is 35.2 Å². The highest BCUT2D eigenvalue weighted by Gasteiger charge is 2.10. The molecule has 4 nitrogen and oxygen atoms in total. The number of unbranched alkanes of at least 4 members (excludes halogenated alkanes) is 2. The summed E-state index contributed by atoms with van der Waals surface area (Å²) in [5.74, 6) is 1.55. The number of carbonyl (C=O) groups excluding carboxylic acids is 1. The van der Waals surface area contributed by atoms with Crippen molar-refractivity contribution in [2.24, 2.45) is 4.99 Å². The molecule has 0 bridgehead atoms. The Morgan fingerprint density at radius 3 is 2.69 bits per heavy atom. The molecule has 0 radical (unpaired) electrons. The molecule has 0 spiro atoms. The van der Waals surface area contributed by atoms with Crippen LogP contribution in [0.4, 0.5) is 0 Å². The Kier molecular flexibility index (Phi) is 7.95. The normalized spacial score (nSPS) is 11.9. The van der Waals surface area contributed by atoms with Gasteiger partial charge < -0.3 is 9.30 Å². The van der Waals surface area contributed by atoms with Crippen molar-refractivity contribution in [1.29, 1.82) is 0 Å². The molecule has 1 amide bonds. The molecule has 1 aromatic heterocycles. The highest BCUT2D eigenvalue weighted by molar-refractivity contribution is 7.98. The van der Waals surface area contributed by atoms with Crippen molar-refractivity contribution in [2.75, 3.05) is 18.6 Å². The van der Waals surface area contributed by atoms with E-state index in [9.17, 15) is 4.79 Å². The van der Waals surface area contributed by atoms with Gasteiger partial charge in [0.25, 0.3) is 5.91 Å². The molecule has 154 valence electrons. The molecular formula is C23H28N2O2S2. The topological polar surface area (TPSA) is 43.6 Å². The third-order valence-electron chi connectivity index (χ3n) is 4.67. The Morgan fingerprint density at radius 2 is 1.97 bits per heavy atom. The Balaban J connectivity index is 1.83. The fourth-order valence-electron chi connectivity index (χ4n) is 3.05. The molecule has 0 aliphatic heterocycles. The van der Waals surface area contributed by atoms with Gasteiger partial charge in [0, 0.05) is 17.9 Å². The van der Waals surface area contributed by atoms with Crippen molar-refractivity contribution >= 4 is 39.2 Å². The number of aromatic nitrogens is 1. The zero-order valence-electron chi connectivity index (χ0n) is 17.3. The van der Waals surface area contributed by atoms with Gasteiger partial charge in [-0.3, -0.25) is 4.79 Å². The average Bonchev–Trinajstić information content (AvgIpc) is 3.05. The number of hydrogen-bond acceptors (Lipinski definition) is 4. The van der Waals surface area contributed by atoms with Crippen molar-refractivity contribution in [3.63, 3.8) is 0 Å². The first-order chi connectivity index (χ1) is 14.1. The van der Waals surface area contributed by atoms with Gasteiger partial charge in [0.1, 0.15) is 5.75 Å². The highest BCUT2D eigenvalue weighted by atomic mass is 32.2. The fourth-order valence-corrected chi connectivity index (χ4v) is 4.57. The number of carbonyl (C=O) groups is 1. The maximum Gasteiger partial charge on any atom is 0.279 e. The number of fused-ring (bicyclic) bond motifs is 1. The van der Waals surface area contributed by atoms with E-state index in [-0.39, 0.29) is 5.91 Å². The van der Waals surface area contributed by atoms with Gasteiger partial charge in [0.05, 0.1) is 16.8 Å². The Morgan fingerprint density at radius 1 is 1.17 bits per heavy atom. The van der Waals surface area contributed by atoms with Crippen molar-refractivity contribution in [2.45, 2.75) is 39.7 Å². The number of hydrogen-bond donors (Lipinski definition) is 0. The van der Waals surface area contributed by atoms with E-state index in [0.29, 0.717) is 12.2 Å². The molecule has 0 aliphatic carbocycles. The van der Waals surface area contributed by atoms with Crippen molar-refractivity contribution in [3.8, 4) is 5.75 Å². The summed E-state index contributed by atoms with van der Waals surface area (Å²) >= 11 is 3.36. The number of rotatable bonds is 9. The quantitative estimate of drug-likeness (QED) is 0.412. The van der Waals surface area contributed by atoms with E-state index in [1.807, 2.05) is 12.1 Å². The molecule has 6 heteroatoms. The summed E-state index contributed by atoms with van der Waals surface area (Å²) in [5.41, 5.74) is 2.93. The summed E-state index contributed by atoms with van der Waals surface area (Å²) in [6, 6.07) is 13.7.